The normalized spacial score (nSPS) is 11.5. The van der Waals surface area contributed by atoms with Crippen LogP contribution in [-0.4, -0.2) is 16.1 Å². The van der Waals surface area contributed by atoms with Crippen LogP contribution < -0.4 is 0 Å². The molecule has 0 aliphatic carbocycles. The molecular weight excluding hydrogens is 337 g/mol. The van der Waals surface area contributed by atoms with Gasteiger partial charge in [-0.25, -0.2) is 4.68 Å². The Morgan fingerprint density at radius 3 is 2.08 bits per heavy atom. The molecule has 0 spiro atoms. The van der Waals surface area contributed by atoms with Gasteiger partial charge in [0.15, 0.2) is 12.0 Å². The Morgan fingerprint density at radius 2 is 1.54 bits per heavy atom. The van der Waals surface area contributed by atoms with Crippen molar-refractivity contribution in [2.45, 2.75) is 16.1 Å². The number of benzene rings is 2. The molecule has 2 aromatic carbocycles. The number of hydrogen-bond acceptors (Lipinski definition) is 3. The second kappa shape index (κ2) is 6.52. The van der Waals surface area contributed by atoms with Crippen LogP contribution in [0.2, 0.25) is 0 Å². The maximum absolute atomic E-state index is 13.2. The summed E-state index contributed by atoms with van der Waals surface area (Å²) >= 11 is 1.07. The first kappa shape index (κ1) is 16.3. The van der Waals surface area contributed by atoms with E-state index in [9.17, 15) is 18.0 Å². The van der Waals surface area contributed by atoms with Crippen LogP contribution in [0.3, 0.4) is 0 Å². The van der Waals surface area contributed by atoms with Gasteiger partial charge in [-0.2, -0.15) is 18.3 Å². The molecule has 1 heterocycles. The summed E-state index contributed by atoms with van der Waals surface area (Å²) in [6, 6.07) is 17.3. The van der Waals surface area contributed by atoms with Gasteiger partial charge in [-0.1, -0.05) is 48.2 Å². The van der Waals surface area contributed by atoms with E-state index in [-0.39, 0.29) is 11.3 Å². The van der Waals surface area contributed by atoms with Crippen LogP contribution in [0.5, 0.6) is 0 Å². The summed E-state index contributed by atoms with van der Waals surface area (Å²) < 4.78 is 40.9. The number of hydrogen-bond donors (Lipinski definition) is 0. The summed E-state index contributed by atoms with van der Waals surface area (Å²) in [6.07, 6.45) is -4.50. The van der Waals surface area contributed by atoms with Crippen LogP contribution in [0.25, 0.3) is 5.69 Å². The first-order valence-corrected chi connectivity index (χ1v) is 7.76. The quantitative estimate of drug-likeness (QED) is 0.632. The monoisotopic (exact) mass is 348 g/mol. The SMILES string of the molecule is O=Cc1c(C(F)(F)F)nn(-c2ccccc2)c1Sc1ccccc1. The molecule has 0 amide bonds. The highest BCUT2D eigenvalue weighted by atomic mass is 32.2. The topological polar surface area (TPSA) is 34.9 Å². The third-order valence-electron chi connectivity index (χ3n) is 3.22. The first-order chi connectivity index (χ1) is 11.5. The zero-order valence-electron chi connectivity index (χ0n) is 12.2. The van der Waals surface area contributed by atoms with Gasteiger partial charge in [0.25, 0.3) is 0 Å². The van der Waals surface area contributed by atoms with Crippen molar-refractivity contribution in [3.05, 3.63) is 71.9 Å². The molecule has 24 heavy (non-hydrogen) atoms. The van der Waals surface area contributed by atoms with Gasteiger partial charge in [-0.15, -0.1) is 0 Å². The number of aromatic nitrogens is 2. The summed E-state index contributed by atoms with van der Waals surface area (Å²) in [5, 5.41) is 3.79. The lowest BCUT2D eigenvalue weighted by Crippen LogP contribution is -2.09. The van der Waals surface area contributed by atoms with Gasteiger partial charge in [-0.3, -0.25) is 4.79 Å². The minimum atomic E-state index is -4.71. The molecule has 3 aromatic rings. The zero-order chi connectivity index (χ0) is 17.2. The largest absolute Gasteiger partial charge is 0.435 e. The molecule has 7 heteroatoms. The average Bonchev–Trinajstić information content (AvgIpc) is 2.95. The molecule has 1 aromatic heterocycles. The van der Waals surface area contributed by atoms with Crippen molar-refractivity contribution < 1.29 is 18.0 Å². The Balaban J connectivity index is 2.20. The fraction of sp³-hybridized carbons (Fsp3) is 0.0588. The second-order valence-corrected chi connectivity index (χ2v) is 5.91. The molecule has 0 aliphatic heterocycles. The Bertz CT molecular complexity index is 846. The molecule has 0 N–H and O–H groups in total. The van der Waals surface area contributed by atoms with Crippen molar-refractivity contribution in [2.24, 2.45) is 0 Å². The molecule has 3 nitrogen and oxygen atoms in total. The molecular formula is C17H11F3N2OS. The highest BCUT2D eigenvalue weighted by Gasteiger charge is 2.39. The lowest BCUT2D eigenvalue weighted by atomic mass is 10.2. The molecule has 0 saturated heterocycles. The van der Waals surface area contributed by atoms with Gasteiger partial charge in [-0.05, 0) is 24.3 Å². The fourth-order valence-corrected chi connectivity index (χ4v) is 3.18. The van der Waals surface area contributed by atoms with E-state index >= 15 is 0 Å². The number of para-hydroxylation sites is 1. The van der Waals surface area contributed by atoms with E-state index in [0.29, 0.717) is 10.6 Å². The smallest absolute Gasteiger partial charge is 0.298 e. The predicted octanol–water partition coefficient (Wildman–Crippen LogP) is 4.85. The van der Waals surface area contributed by atoms with Crippen LogP contribution >= 0.6 is 11.8 Å². The van der Waals surface area contributed by atoms with E-state index in [1.165, 1.54) is 0 Å². The van der Waals surface area contributed by atoms with E-state index in [1.54, 1.807) is 60.7 Å². The summed E-state index contributed by atoms with van der Waals surface area (Å²) in [5.41, 5.74) is -1.19. The van der Waals surface area contributed by atoms with Gasteiger partial charge in [0.2, 0.25) is 0 Å². The van der Waals surface area contributed by atoms with Crippen LogP contribution in [-0.2, 0) is 6.18 Å². The summed E-state index contributed by atoms with van der Waals surface area (Å²) in [5.74, 6) is 0. The van der Waals surface area contributed by atoms with Crippen molar-refractivity contribution >= 4 is 18.0 Å². The maximum Gasteiger partial charge on any atom is 0.435 e. The Kier molecular flexibility index (Phi) is 4.44. The van der Waals surface area contributed by atoms with Crippen molar-refractivity contribution in [3.63, 3.8) is 0 Å². The number of aldehydes is 1. The van der Waals surface area contributed by atoms with E-state index in [1.807, 2.05) is 0 Å². The summed E-state index contributed by atoms with van der Waals surface area (Å²) in [4.78, 5) is 12.1. The Morgan fingerprint density at radius 1 is 0.958 bits per heavy atom. The molecule has 0 bridgehead atoms. The number of carbonyl (C=O) groups excluding carboxylic acids is 1. The van der Waals surface area contributed by atoms with E-state index in [4.69, 9.17) is 0 Å². The molecule has 122 valence electrons. The van der Waals surface area contributed by atoms with Crippen molar-refractivity contribution in [3.8, 4) is 5.69 Å². The molecule has 3 rings (SSSR count). The number of carbonyl (C=O) groups is 1. The highest BCUT2D eigenvalue weighted by Crippen LogP contribution is 2.38. The molecule has 0 aliphatic rings. The van der Waals surface area contributed by atoms with Crippen molar-refractivity contribution in [1.82, 2.24) is 9.78 Å². The number of rotatable bonds is 4. The standard InChI is InChI=1S/C17H11F3N2OS/c18-17(19,20)15-14(11-23)16(24-13-9-5-2-6-10-13)22(21-15)12-7-3-1-4-8-12/h1-11H. The van der Waals surface area contributed by atoms with Crippen molar-refractivity contribution in [1.29, 1.82) is 0 Å². The van der Waals surface area contributed by atoms with E-state index < -0.39 is 17.4 Å². The molecule has 0 saturated carbocycles. The van der Waals surface area contributed by atoms with Crippen LogP contribution in [0.15, 0.2) is 70.6 Å². The van der Waals surface area contributed by atoms with Gasteiger partial charge in [0, 0.05) is 4.90 Å². The fourth-order valence-electron chi connectivity index (χ4n) is 2.17. The minimum Gasteiger partial charge on any atom is -0.298 e. The summed E-state index contributed by atoms with van der Waals surface area (Å²) in [6.45, 7) is 0. The Labute approximate surface area is 140 Å². The zero-order valence-corrected chi connectivity index (χ0v) is 13.0. The number of halogens is 3. The van der Waals surface area contributed by atoms with E-state index in [0.717, 1.165) is 16.4 Å². The third-order valence-corrected chi connectivity index (χ3v) is 4.32. The average molecular weight is 348 g/mol. The predicted molar refractivity (Wildman–Crippen MR) is 84.5 cm³/mol. The van der Waals surface area contributed by atoms with Gasteiger partial charge in [0.1, 0.15) is 5.03 Å². The molecule has 0 atom stereocenters. The van der Waals surface area contributed by atoms with Crippen LogP contribution in [0.1, 0.15) is 16.1 Å². The molecule has 0 unspecified atom stereocenters. The number of alkyl halides is 3. The van der Waals surface area contributed by atoms with Crippen LogP contribution in [0, 0.1) is 0 Å². The minimum absolute atomic E-state index is 0.134. The molecule has 0 radical (unpaired) electrons. The second-order valence-electron chi connectivity index (χ2n) is 4.85. The highest BCUT2D eigenvalue weighted by molar-refractivity contribution is 7.99. The van der Waals surface area contributed by atoms with Crippen molar-refractivity contribution in [2.75, 3.05) is 0 Å². The first-order valence-electron chi connectivity index (χ1n) is 6.94. The van der Waals surface area contributed by atoms with E-state index in [2.05, 4.69) is 5.10 Å². The van der Waals surface area contributed by atoms with Gasteiger partial charge >= 0.3 is 6.18 Å². The lowest BCUT2D eigenvalue weighted by molar-refractivity contribution is -0.141. The molecule has 0 fully saturated rings. The Hall–Kier alpha value is -2.54. The third kappa shape index (κ3) is 3.21. The van der Waals surface area contributed by atoms with Crippen LogP contribution in [0.4, 0.5) is 13.2 Å². The lowest BCUT2D eigenvalue weighted by Gasteiger charge is -2.07. The summed E-state index contributed by atoms with van der Waals surface area (Å²) in [7, 11) is 0. The number of nitrogens with zero attached hydrogens (tertiary/aromatic N) is 2. The maximum atomic E-state index is 13.2. The van der Waals surface area contributed by atoms with Gasteiger partial charge in [0.05, 0.1) is 11.3 Å². The van der Waals surface area contributed by atoms with Gasteiger partial charge < -0.3 is 0 Å².